The number of carbonyl (C=O) groups is 2. The number of aromatic nitrogens is 1. The van der Waals surface area contributed by atoms with Crippen molar-refractivity contribution in [3.8, 4) is 0 Å². The minimum absolute atomic E-state index is 0.0401. The first kappa shape index (κ1) is 14.6. The lowest BCUT2D eigenvalue weighted by molar-refractivity contribution is 0.0602. The summed E-state index contributed by atoms with van der Waals surface area (Å²) >= 11 is 0. The van der Waals surface area contributed by atoms with Crippen LogP contribution in [0.15, 0.2) is 36.7 Å². The molecule has 1 N–H and O–H groups in total. The molecule has 0 bridgehead atoms. The van der Waals surface area contributed by atoms with Gasteiger partial charge in [0, 0.05) is 6.20 Å². The van der Waals surface area contributed by atoms with E-state index in [9.17, 15) is 18.4 Å². The van der Waals surface area contributed by atoms with Gasteiger partial charge in [-0.05, 0) is 24.3 Å². The number of halogens is 2. The summed E-state index contributed by atoms with van der Waals surface area (Å²) in [5.74, 6) is -3.06. The molecule has 0 aliphatic rings. The van der Waals surface area contributed by atoms with Gasteiger partial charge >= 0.3 is 5.97 Å². The van der Waals surface area contributed by atoms with Gasteiger partial charge in [-0.15, -0.1) is 0 Å². The highest BCUT2D eigenvalue weighted by Crippen LogP contribution is 2.19. The zero-order valence-corrected chi connectivity index (χ0v) is 10.9. The molecule has 0 radical (unpaired) electrons. The molecule has 0 spiro atoms. The molecule has 2 rings (SSSR count). The lowest BCUT2D eigenvalue weighted by Gasteiger charge is -2.10. The highest BCUT2D eigenvalue weighted by molar-refractivity contribution is 6.08. The third-order valence-electron chi connectivity index (χ3n) is 2.65. The number of anilines is 1. The van der Waals surface area contributed by atoms with Crippen molar-refractivity contribution in [1.29, 1.82) is 0 Å². The van der Waals surface area contributed by atoms with Gasteiger partial charge in [0.25, 0.3) is 5.91 Å². The minimum Gasteiger partial charge on any atom is -0.465 e. The van der Waals surface area contributed by atoms with E-state index in [-0.39, 0.29) is 16.8 Å². The Morgan fingerprint density at radius 2 is 1.95 bits per heavy atom. The SMILES string of the molecule is COC(=O)c1ccc(F)cc1NC(=O)c1ccncc1F. The van der Waals surface area contributed by atoms with Crippen molar-refractivity contribution in [3.05, 3.63) is 59.4 Å². The molecule has 2 aromatic rings. The summed E-state index contributed by atoms with van der Waals surface area (Å²) in [7, 11) is 1.15. The molecule has 0 saturated carbocycles. The summed E-state index contributed by atoms with van der Waals surface area (Å²) in [6.07, 6.45) is 2.12. The zero-order valence-electron chi connectivity index (χ0n) is 10.9. The molecule has 0 fully saturated rings. The van der Waals surface area contributed by atoms with Gasteiger partial charge in [-0.2, -0.15) is 0 Å². The van der Waals surface area contributed by atoms with Crippen LogP contribution in [0, 0.1) is 11.6 Å². The molecule has 0 aliphatic carbocycles. The minimum atomic E-state index is -0.828. The van der Waals surface area contributed by atoms with E-state index >= 15 is 0 Å². The van der Waals surface area contributed by atoms with Crippen LogP contribution >= 0.6 is 0 Å². The third kappa shape index (κ3) is 3.19. The molecule has 1 aromatic heterocycles. The number of nitrogens with one attached hydrogen (secondary N) is 1. The summed E-state index contributed by atoms with van der Waals surface area (Å²) in [5.41, 5.74) is -0.421. The van der Waals surface area contributed by atoms with Gasteiger partial charge in [0.2, 0.25) is 0 Å². The molecule has 7 heteroatoms. The molecule has 21 heavy (non-hydrogen) atoms. The van der Waals surface area contributed by atoms with Crippen LogP contribution in [0.4, 0.5) is 14.5 Å². The largest absolute Gasteiger partial charge is 0.465 e. The molecule has 1 heterocycles. The lowest BCUT2D eigenvalue weighted by Crippen LogP contribution is -2.17. The summed E-state index contributed by atoms with van der Waals surface area (Å²) in [4.78, 5) is 27.0. The summed E-state index contributed by atoms with van der Waals surface area (Å²) < 4.78 is 31.2. The highest BCUT2D eigenvalue weighted by atomic mass is 19.1. The van der Waals surface area contributed by atoms with Crippen molar-refractivity contribution in [2.24, 2.45) is 0 Å². The fourth-order valence-corrected chi connectivity index (χ4v) is 1.66. The standard InChI is InChI=1S/C14H10F2N2O3/c1-21-14(20)10-3-2-8(15)6-12(10)18-13(19)9-4-5-17-7-11(9)16/h2-7H,1H3,(H,18,19). The van der Waals surface area contributed by atoms with Gasteiger partial charge in [0.05, 0.1) is 30.1 Å². The first-order valence-corrected chi connectivity index (χ1v) is 5.81. The number of benzene rings is 1. The van der Waals surface area contributed by atoms with Gasteiger partial charge < -0.3 is 10.1 Å². The van der Waals surface area contributed by atoms with Crippen molar-refractivity contribution in [2.75, 3.05) is 12.4 Å². The van der Waals surface area contributed by atoms with Gasteiger partial charge in [-0.3, -0.25) is 9.78 Å². The number of carbonyl (C=O) groups excluding carboxylic acids is 2. The second-order valence-electron chi connectivity index (χ2n) is 3.99. The molecule has 108 valence electrons. The Morgan fingerprint density at radius 3 is 2.62 bits per heavy atom. The first-order chi connectivity index (χ1) is 10.0. The Hall–Kier alpha value is -2.83. The topological polar surface area (TPSA) is 68.3 Å². The average Bonchev–Trinajstić information content (AvgIpc) is 2.47. The van der Waals surface area contributed by atoms with Crippen LogP contribution in [-0.2, 0) is 4.74 Å². The molecule has 1 aromatic carbocycles. The molecule has 5 nitrogen and oxygen atoms in total. The number of pyridine rings is 1. The van der Waals surface area contributed by atoms with Gasteiger partial charge in [-0.25, -0.2) is 13.6 Å². The Bertz CT molecular complexity index is 704. The quantitative estimate of drug-likeness (QED) is 0.882. The average molecular weight is 292 g/mol. The van der Waals surface area contributed by atoms with Gasteiger partial charge in [0.1, 0.15) is 5.82 Å². The summed E-state index contributed by atoms with van der Waals surface area (Å²) in [6.45, 7) is 0. The molecule has 0 atom stereocenters. The van der Waals surface area contributed by atoms with Crippen LogP contribution in [0.25, 0.3) is 0 Å². The summed E-state index contributed by atoms with van der Waals surface area (Å²) in [6, 6.07) is 4.33. The number of nitrogens with zero attached hydrogens (tertiary/aromatic N) is 1. The zero-order chi connectivity index (χ0) is 15.4. The van der Waals surface area contributed by atoms with E-state index in [0.717, 1.165) is 25.4 Å². The van der Waals surface area contributed by atoms with Crippen LogP contribution in [0.2, 0.25) is 0 Å². The van der Waals surface area contributed by atoms with E-state index in [4.69, 9.17) is 0 Å². The Balaban J connectivity index is 2.35. The van der Waals surface area contributed by atoms with Crippen molar-refractivity contribution >= 4 is 17.6 Å². The van der Waals surface area contributed by atoms with Crippen LogP contribution in [0.5, 0.6) is 0 Å². The van der Waals surface area contributed by atoms with Crippen LogP contribution in [0.1, 0.15) is 20.7 Å². The maximum atomic E-state index is 13.5. The van der Waals surface area contributed by atoms with E-state index in [1.807, 2.05) is 0 Å². The molecule has 0 saturated heterocycles. The maximum Gasteiger partial charge on any atom is 0.339 e. The van der Waals surface area contributed by atoms with Gasteiger partial charge in [0.15, 0.2) is 5.82 Å². The number of amides is 1. The molecule has 0 aliphatic heterocycles. The van der Waals surface area contributed by atoms with Crippen LogP contribution < -0.4 is 5.32 Å². The summed E-state index contributed by atoms with van der Waals surface area (Å²) in [5, 5.41) is 2.28. The molecule has 1 amide bonds. The normalized spacial score (nSPS) is 10.0. The molecular formula is C14H10F2N2O3. The lowest BCUT2D eigenvalue weighted by atomic mass is 10.1. The van der Waals surface area contributed by atoms with Crippen molar-refractivity contribution in [1.82, 2.24) is 4.98 Å². The van der Waals surface area contributed by atoms with Crippen LogP contribution in [0.3, 0.4) is 0 Å². The van der Waals surface area contributed by atoms with Gasteiger partial charge in [-0.1, -0.05) is 0 Å². The Labute approximate surface area is 118 Å². The van der Waals surface area contributed by atoms with Crippen molar-refractivity contribution in [2.45, 2.75) is 0 Å². The van der Waals surface area contributed by atoms with Crippen molar-refractivity contribution < 1.29 is 23.1 Å². The second-order valence-corrected chi connectivity index (χ2v) is 3.99. The Kier molecular flexibility index (Phi) is 4.22. The Morgan fingerprint density at radius 1 is 1.19 bits per heavy atom. The number of hydrogen-bond acceptors (Lipinski definition) is 4. The fourth-order valence-electron chi connectivity index (χ4n) is 1.66. The smallest absolute Gasteiger partial charge is 0.339 e. The predicted molar refractivity (Wildman–Crippen MR) is 69.9 cm³/mol. The number of esters is 1. The number of methoxy groups -OCH3 is 1. The second kappa shape index (κ2) is 6.08. The van der Waals surface area contributed by atoms with E-state index < -0.39 is 23.5 Å². The van der Waals surface area contributed by atoms with Crippen molar-refractivity contribution in [3.63, 3.8) is 0 Å². The predicted octanol–water partition coefficient (Wildman–Crippen LogP) is 2.40. The first-order valence-electron chi connectivity index (χ1n) is 5.81. The third-order valence-corrected chi connectivity index (χ3v) is 2.65. The molecule has 0 unspecified atom stereocenters. The maximum absolute atomic E-state index is 13.5. The fraction of sp³-hybridized carbons (Fsp3) is 0.0714. The van der Waals surface area contributed by atoms with E-state index in [0.29, 0.717) is 0 Å². The number of hydrogen-bond donors (Lipinski definition) is 1. The highest BCUT2D eigenvalue weighted by Gasteiger charge is 2.17. The van der Waals surface area contributed by atoms with E-state index in [1.165, 1.54) is 18.3 Å². The van der Waals surface area contributed by atoms with E-state index in [2.05, 4.69) is 15.0 Å². The monoisotopic (exact) mass is 292 g/mol. The number of ether oxygens (including phenoxy) is 1. The number of rotatable bonds is 3. The van der Waals surface area contributed by atoms with Crippen LogP contribution in [-0.4, -0.2) is 24.0 Å². The van der Waals surface area contributed by atoms with E-state index in [1.54, 1.807) is 0 Å². The molecular weight excluding hydrogens is 282 g/mol.